The number of hydrogen-bond donors (Lipinski definition) is 2. The molecule has 0 radical (unpaired) electrons. The number of nitrogens with zero attached hydrogens (tertiary/aromatic N) is 2. The van der Waals surface area contributed by atoms with Gasteiger partial charge >= 0.3 is 0 Å². The number of aromatic nitrogens is 1. The van der Waals surface area contributed by atoms with E-state index in [9.17, 15) is 4.79 Å². The van der Waals surface area contributed by atoms with E-state index in [4.69, 9.17) is 10.5 Å². The molecule has 1 amide bonds. The SMILES string of the molecule is Cl.Cl.NC1(C(=O)Nc2ccc(N3CCCC3)nc2)CCOCC1. The van der Waals surface area contributed by atoms with Crippen LogP contribution in [0.4, 0.5) is 11.5 Å². The van der Waals surface area contributed by atoms with E-state index in [0.29, 0.717) is 31.7 Å². The van der Waals surface area contributed by atoms with E-state index < -0.39 is 5.54 Å². The molecule has 0 atom stereocenters. The Hall–Kier alpha value is -1.08. The van der Waals surface area contributed by atoms with Crippen LogP contribution in [0.2, 0.25) is 0 Å². The lowest BCUT2D eigenvalue weighted by Crippen LogP contribution is -2.54. The van der Waals surface area contributed by atoms with Crippen LogP contribution in [0, 0.1) is 0 Å². The first-order chi connectivity index (χ1) is 10.2. The van der Waals surface area contributed by atoms with Crippen LogP contribution in [0.5, 0.6) is 0 Å². The van der Waals surface area contributed by atoms with E-state index >= 15 is 0 Å². The van der Waals surface area contributed by atoms with Gasteiger partial charge in [0, 0.05) is 26.3 Å². The summed E-state index contributed by atoms with van der Waals surface area (Å²) in [4.78, 5) is 19.0. The van der Waals surface area contributed by atoms with Crippen LogP contribution < -0.4 is 16.0 Å². The van der Waals surface area contributed by atoms with Gasteiger partial charge in [0.05, 0.1) is 11.9 Å². The number of amides is 1. The summed E-state index contributed by atoms with van der Waals surface area (Å²) in [6.45, 7) is 3.20. The van der Waals surface area contributed by atoms with Gasteiger partial charge in [-0.1, -0.05) is 0 Å². The first kappa shape index (κ1) is 20.0. The third kappa shape index (κ3) is 4.70. The van der Waals surface area contributed by atoms with Crippen molar-refractivity contribution in [3.05, 3.63) is 18.3 Å². The number of rotatable bonds is 3. The molecule has 23 heavy (non-hydrogen) atoms. The quantitative estimate of drug-likeness (QED) is 0.858. The van der Waals surface area contributed by atoms with E-state index in [-0.39, 0.29) is 30.7 Å². The van der Waals surface area contributed by atoms with E-state index in [1.807, 2.05) is 12.1 Å². The Kier molecular flexibility index (Phi) is 7.54. The highest BCUT2D eigenvalue weighted by Crippen LogP contribution is 2.22. The minimum atomic E-state index is -0.828. The van der Waals surface area contributed by atoms with Gasteiger partial charge in [-0.05, 0) is 37.8 Å². The zero-order chi connectivity index (χ0) is 14.7. The van der Waals surface area contributed by atoms with Crippen molar-refractivity contribution in [2.75, 3.05) is 36.5 Å². The second-order valence-corrected chi connectivity index (χ2v) is 5.82. The van der Waals surface area contributed by atoms with Gasteiger partial charge in [-0.2, -0.15) is 0 Å². The Bertz CT molecular complexity index is 501. The lowest BCUT2D eigenvalue weighted by molar-refractivity contribution is -0.124. The van der Waals surface area contributed by atoms with Crippen molar-refractivity contribution in [2.24, 2.45) is 5.73 Å². The standard InChI is InChI=1S/C15H22N4O2.2ClH/c16-15(5-9-21-10-6-15)14(20)18-12-3-4-13(17-11-12)19-7-1-2-8-19;;/h3-4,11H,1-2,5-10,16H2,(H,18,20);2*1H. The Morgan fingerprint density at radius 2 is 1.87 bits per heavy atom. The number of hydrogen-bond acceptors (Lipinski definition) is 5. The third-order valence-corrected chi connectivity index (χ3v) is 4.27. The molecular formula is C15H24Cl2N4O2. The topological polar surface area (TPSA) is 80.5 Å². The highest BCUT2D eigenvalue weighted by atomic mass is 35.5. The molecule has 0 aromatic carbocycles. The summed E-state index contributed by atoms with van der Waals surface area (Å²) in [5, 5.41) is 2.87. The molecule has 0 spiro atoms. The lowest BCUT2D eigenvalue weighted by Gasteiger charge is -2.31. The Morgan fingerprint density at radius 3 is 2.43 bits per heavy atom. The maximum Gasteiger partial charge on any atom is 0.244 e. The van der Waals surface area contributed by atoms with Gasteiger partial charge in [0.25, 0.3) is 0 Å². The Labute approximate surface area is 149 Å². The monoisotopic (exact) mass is 362 g/mol. The molecule has 2 saturated heterocycles. The number of anilines is 2. The fraction of sp³-hybridized carbons (Fsp3) is 0.600. The highest BCUT2D eigenvalue weighted by Gasteiger charge is 2.35. The van der Waals surface area contributed by atoms with E-state index in [1.54, 1.807) is 6.20 Å². The van der Waals surface area contributed by atoms with E-state index in [0.717, 1.165) is 18.9 Å². The lowest BCUT2D eigenvalue weighted by atomic mass is 9.90. The van der Waals surface area contributed by atoms with Crippen LogP contribution in [-0.4, -0.2) is 42.7 Å². The summed E-state index contributed by atoms with van der Waals surface area (Å²) in [5.74, 6) is 0.820. The molecule has 0 bridgehead atoms. The van der Waals surface area contributed by atoms with Gasteiger partial charge in [-0.15, -0.1) is 24.8 Å². The number of pyridine rings is 1. The fourth-order valence-corrected chi connectivity index (χ4v) is 2.81. The molecule has 3 heterocycles. The molecule has 8 heteroatoms. The summed E-state index contributed by atoms with van der Waals surface area (Å²) in [6, 6.07) is 3.84. The molecule has 1 aromatic rings. The Balaban J connectivity index is 0.00000132. The van der Waals surface area contributed by atoms with Crippen molar-refractivity contribution in [3.63, 3.8) is 0 Å². The van der Waals surface area contributed by atoms with Crippen molar-refractivity contribution in [3.8, 4) is 0 Å². The highest BCUT2D eigenvalue weighted by molar-refractivity contribution is 5.98. The zero-order valence-electron chi connectivity index (χ0n) is 13.0. The second-order valence-electron chi connectivity index (χ2n) is 5.82. The van der Waals surface area contributed by atoms with E-state index in [2.05, 4.69) is 15.2 Å². The van der Waals surface area contributed by atoms with Crippen molar-refractivity contribution in [1.29, 1.82) is 0 Å². The molecule has 3 N–H and O–H groups in total. The molecule has 2 fully saturated rings. The molecule has 2 aliphatic rings. The Morgan fingerprint density at radius 1 is 1.22 bits per heavy atom. The number of nitrogens with two attached hydrogens (primary N) is 1. The second kappa shape index (κ2) is 8.68. The molecule has 1 aromatic heterocycles. The van der Waals surface area contributed by atoms with Crippen LogP contribution in [0.25, 0.3) is 0 Å². The van der Waals surface area contributed by atoms with Crippen LogP contribution in [-0.2, 0) is 9.53 Å². The van der Waals surface area contributed by atoms with Crippen molar-refractivity contribution in [2.45, 2.75) is 31.2 Å². The van der Waals surface area contributed by atoms with Gasteiger partial charge in [0.15, 0.2) is 0 Å². The number of halogens is 2. The summed E-state index contributed by atoms with van der Waals surface area (Å²) in [7, 11) is 0. The molecule has 0 saturated carbocycles. The maximum atomic E-state index is 12.3. The molecule has 6 nitrogen and oxygen atoms in total. The zero-order valence-corrected chi connectivity index (χ0v) is 14.6. The summed E-state index contributed by atoms with van der Waals surface area (Å²) in [6.07, 6.45) is 5.25. The normalized spacial score (nSPS) is 19.4. The maximum absolute atomic E-state index is 12.3. The number of carbonyl (C=O) groups is 1. The van der Waals surface area contributed by atoms with E-state index in [1.165, 1.54) is 12.8 Å². The number of carbonyl (C=O) groups excluding carboxylic acids is 1. The minimum absolute atomic E-state index is 0. The van der Waals surface area contributed by atoms with Crippen LogP contribution in [0.15, 0.2) is 18.3 Å². The first-order valence-electron chi connectivity index (χ1n) is 7.56. The summed E-state index contributed by atoms with van der Waals surface area (Å²) >= 11 is 0. The van der Waals surface area contributed by atoms with Crippen LogP contribution >= 0.6 is 24.8 Å². The predicted octanol–water partition coefficient (Wildman–Crippen LogP) is 1.97. The van der Waals surface area contributed by atoms with Crippen molar-refractivity contribution in [1.82, 2.24) is 4.98 Å². The third-order valence-electron chi connectivity index (χ3n) is 4.27. The average Bonchev–Trinajstić information content (AvgIpc) is 3.03. The van der Waals surface area contributed by atoms with Gasteiger partial charge in [0.1, 0.15) is 11.4 Å². The first-order valence-corrected chi connectivity index (χ1v) is 7.56. The summed E-state index contributed by atoms with van der Waals surface area (Å²) in [5.41, 5.74) is 6.03. The largest absolute Gasteiger partial charge is 0.381 e. The fourth-order valence-electron chi connectivity index (χ4n) is 2.81. The summed E-state index contributed by atoms with van der Waals surface area (Å²) < 4.78 is 5.26. The number of nitrogens with one attached hydrogen (secondary N) is 1. The van der Waals surface area contributed by atoms with Crippen molar-refractivity contribution >= 4 is 42.2 Å². The molecule has 2 aliphatic heterocycles. The van der Waals surface area contributed by atoms with Crippen LogP contribution in [0.3, 0.4) is 0 Å². The van der Waals surface area contributed by atoms with Gasteiger partial charge in [-0.3, -0.25) is 4.79 Å². The smallest absolute Gasteiger partial charge is 0.244 e. The number of ether oxygens (including phenoxy) is 1. The molecule has 130 valence electrons. The van der Waals surface area contributed by atoms with Gasteiger partial charge < -0.3 is 20.7 Å². The average molecular weight is 363 g/mol. The minimum Gasteiger partial charge on any atom is -0.381 e. The predicted molar refractivity (Wildman–Crippen MR) is 95.8 cm³/mol. The molecule has 0 aliphatic carbocycles. The molecular weight excluding hydrogens is 339 g/mol. The van der Waals surface area contributed by atoms with Gasteiger partial charge in [-0.25, -0.2) is 4.98 Å². The van der Waals surface area contributed by atoms with Gasteiger partial charge in [0.2, 0.25) is 5.91 Å². The molecule has 0 unspecified atom stereocenters. The molecule has 3 rings (SSSR count). The van der Waals surface area contributed by atoms with Crippen molar-refractivity contribution < 1.29 is 9.53 Å². The van der Waals surface area contributed by atoms with Crippen LogP contribution in [0.1, 0.15) is 25.7 Å².